The highest BCUT2D eigenvalue weighted by Crippen LogP contribution is 2.39. The van der Waals surface area contributed by atoms with E-state index in [1.54, 1.807) is 12.1 Å². The van der Waals surface area contributed by atoms with Crippen molar-refractivity contribution in [3.8, 4) is 0 Å². The Morgan fingerprint density at radius 1 is 1.15 bits per heavy atom. The molecule has 0 aromatic heterocycles. The van der Waals surface area contributed by atoms with Gasteiger partial charge < -0.3 is 4.74 Å². The van der Waals surface area contributed by atoms with E-state index in [0.29, 0.717) is 23.5 Å². The molecule has 0 unspecified atom stereocenters. The summed E-state index contributed by atoms with van der Waals surface area (Å²) >= 11 is 0. The van der Waals surface area contributed by atoms with Crippen LogP contribution in [0, 0.1) is 5.92 Å². The molecule has 2 aliphatic rings. The number of rotatable bonds is 3. The lowest BCUT2D eigenvalue weighted by Gasteiger charge is -2.31. The van der Waals surface area contributed by atoms with Crippen LogP contribution in [0.4, 0.5) is 0 Å². The average molecular weight is 270 g/mol. The third kappa shape index (κ3) is 1.98. The fourth-order valence-corrected chi connectivity index (χ4v) is 3.09. The van der Waals surface area contributed by atoms with Gasteiger partial charge in [-0.2, -0.15) is 0 Å². The summed E-state index contributed by atoms with van der Waals surface area (Å²) in [5.74, 6) is 0.0758. The van der Waals surface area contributed by atoms with Crippen molar-refractivity contribution >= 4 is 17.3 Å². The third-order valence-corrected chi connectivity index (χ3v) is 4.14. The predicted molar refractivity (Wildman–Crippen MR) is 76.3 cm³/mol. The van der Waals surface area contributed by atoms with Crippen LogP contribution >= 0.6 is 0 Å². The van der Waals surface area contributed by atoms with Crippen molar-refractivity contribution in [3.05, 3.63) is 41.0 Å². The number of hydrogen-bond acceptors (Lipinski definition) is 3. The van der Waals surface area contributed by atoms with E-state index in [1.807, 2.05) is 12.1 Å². The quantitative estimate of drug-likeness (QED) is 0.791. The molecule has 1 aliphatic carbocycles. The van der Waals surface area contributed by atoms with Crippen LogP contribution in [0.25, 0.3) is 5.76 Å². The molecule has 3 heteroatoms. The fraction of sp³-hybridized carbons (Fsp3) is 0.412. The van der Waals surface area contributed by atoms with Crippen molar-refractivity contribution in [3.63, 3.8) is 0 Å². The molecule has 0 bridgehead atoms. The van der Waals surface area contributed by atoms with Gasteiger partial charge >= 0.3 is 0 Å². The lowest BCUT2D eigenvalue weighted by Crippen LogP contribution is -2.32. The minimum absolute atomic E-state index is 0.170. The SMILES string of the molecule is CCCC[C@H]1CCOC2=C1C(=O)C(=O)c1ccccc12. The summed E-state index contributed by atoms with van der Waals surface area (Å²) in [6.45, 7) is 2.76. The van der Waals surface area contributed by atoms with Crippen LogP contribution in [0.1, 0.15) is 48.5 Å². The van der Waals surface area contributed by atoms with Crippen molar-refractivity contribution in [2.75, 3.05) is 6.61 Å². The van der Waals surface area contributed by atoms with Crippen LogP contribution in [0.5, 0.6) is 0 Å². The van der Waals surface area contributed by atoms with Crippen molar-refractivity contribution in [1.82, 2.24) is 0 Å². The molecule has 1 aromatic rings. The molecule has 0 saturated heterocycles. The molecule has 0 N–H and O–H groups in total. The first-order valence-corrected chi connectivity index (χ1v) is 7.29. The molecule has 0 fully saturated rings. The summed E-state index contributed by atoms with van der Waals surface area (Å²) in [7, 11) is 0. The Balaban J connectivity index is 2.10. The number of allylic oxidation sites excluding steroid dienone is 1. The van der Waals surface area contributed by atoms with Gasteiger partial charge in [0.05, 0.1) is 6.61 Å². The number of ketones is 2. The zero-order chi connectivity index (χ0) is 14.1. The first-order chi connectivity index (χ1) is 9.74. The van der Waals surface area contributed by atoms with Gasteiger partial charge in [-0.1, -0.05) is 44.0 Å². The highest BCUT2D eigenvalue weighted by atomic mass is 16.5. The van der Waals surface area contributed by atoms with E-state index >= 15 is 0 Å². The predicted octanol–water partition coefficient (Wildman–Crippen LogP) is 3.39. The highest BCUT2D eigenvalue weighted by Gasteiger charge is 2.39. The zero-order valence-corrected chi connectivity index (χ0v) is 11.6. The molecule has 1 heterocycles. The number of carbonyl (C=O) groups excluding carboxylic acids is 2. The summed E-state index contributed by atoms with van der Waals surface area (Å²) in [6, 6.07) is 7.24. The van der Waals surface area contributed by atoms with E-state index in [0.717, 1.165) is 31.2 Å². The van der Waals surface area contributed by atoms with E-state index in [9.17, 15) is 9.59 Å². The number of ether oxygens (including phenoxy) is 1. The summed E-state index contributed by atoms with van der Waals surface area (Å²) in [5, 5.41) is 0. The van der Waals surface area contributed by atoms with Gasteiger partial charge in [0, 0.05) is 16.7 Å². The molecular formula is C17H18O3. The summed E-state index contributed by atoms with van der Waals surface area (Å²) in [5.41, 5.74) is 1.88. The minimum Gasteiger partial charge on any atom is -0.492 e. The Labute approximate surface area is 118 Å². The van der Waals surface area contributed by atoms with Crippen LogP contribution in [0.2, 0.25) is 0 Å². The van der Waals surface area contributed by atoms with Gasteiger partial charge in [0.25, 0.3) is 0 Å². The van der Waals surface area contributed by atoms with E-state index in [2.05, 4.69) is 6.92 Å². The Morgan fingerprint density at radius 2 is 1.90 bits per heavy atom. The molecule has 0 radical (unpaired) electrons. The topological polar surface area (TPSA) is 43.4 Å². The third-order valence-electron chi connectivity index (χ3n) is 4.14. The van der Waals surface area contributed by atoms with Gasteiger partial charge in [-0.25, -0.2) is 0 Å². The number of benzene rings is 1. The highest BCUT2D eigenvalue weighted by molar-refractivity contribution is 6.52. The van der Waals surface area contributed by atoms with Gasteiger partial charge in [-0.3, -0.25) is 9.59 Å². The molecule has 3 nitrogen and oxygen atoms in total. The van der Waals surface area contributed by atoms with Crippen LogP contribution in [-0.2, 0) is 9.53 Å². The van der Waals surface area contributed by atoms with E-state index in [1.165, 1.54) is 0 Å². The lowest BCUT2D eigenvalue weighted by molar-refractivity contribution is -0.112. The molecule has 0 spiro atoms. The van der Waals surface area contributed by atoms with Crippen LogP contribution in [-0.4, -0.2) is 18.2 Å². The molecule has 0 amide bonds. The fourth-order valence-electron chi connectivity index (χ4n) is 3.09. The first-order valence-electron chi connectivity index (χ1n) is 7.29. The van der Waals surface area contributed by atoms with Gasteiger partial charge in [-0.05, 0) is 18.8 Å². The van der Waals surface area contributed by atoms with Gasteiger partial charge in [-0.15, -0.1) is 0 Å². The molecule has 1 aromatic carbocycles. The number of hydrogen-bond donors (Lipinski definition) is 0. The van der Waals surface area contributed by atoms with E-state index in [4.69, 9.17) is 4.74 Å². The maximum Gasteiger partial charge on any atom is 0.234 e. The second kappa shape index (κ2) is 5.23. The summed E-state index contributed by atoms with van der Waals surface area (Å²) in [6.07, 6.45) is 3.96. The van der Waals surface area contributed by atoms with Crippen molar-refractivity contribution in [1.29, 1.82) is 0 Å². The number of unbranched alkanes of at least 4 members (excludes halogenated alkanes) is 1. The monoisotopic (exact) mass is 270 g/mol. The van der Waals surface area contributed by atoms with Crippen molar-refractivity contribution in [2.24, 2.45) is 5.92 Å². The molecule has 1 aliphatic heterocycles. The Hall–Kier alpha value is -1.90. The average Bonchev–Trinajstić information content (AvgIpc) is 2.50. The van der Waals surface area contributed by atoms with Crippen molar-refractivity contribution < 1.29 is 14.3 Å². The molecule has 104 valence electrons. The van der Waals surface area contributed by atoms with E-state index in [-0.39, 0.29) is 17.5 Å². The Bertz CT molecular complexity index is 598. The second-order valence-electron chi connectivity index (χ2n) is 5.42. The molecule has 1 atom stereocenters. The Morgan fingerprint density at radius 3 is 2.65 bits per heavy atom. The minimum atomic E-state index is -0.383. The van der Waals surface area contributed by atoms with Gasteiger partial charge in [0.15, 0.2) is 0 Å². The maximum atomic E-state index is 12.4. The molecule has 20 heavy (non-hydrogen) atoms. The number of Topliss-reactive ketones (excluding diaryl/α,β-unsaturated/α-hetero) is 2. The van der Waals surface area contributed by atoms with Crippen molar-refractivity contribution in [2.45, 2.75) is 32.6 Å². The molecule has 0 saturated carbocycles. The second-order valence-corrected chi connectivity index (χ2v) is 5.42. The number of fused-ring (bicyclic) bond motifs is 2. The standard InChI is InChI=1S/C17H18O3/c1-2-3-6-11-9-10-20-17-13-8-5-4-7-12(13)15(18)16(19)14(11)17/h4-5,7-8,11H,2-3,6,9-10H2,1H3/t11-/m0/s1. The Kier molecular flexibility index (Phi) is 3.43. The lowest BCUT2D eigenvalue weighted by atomic mass is 9.78. The van der Waals surface area contributed by atoms with Gasteiger partial charge in [0.1, 0.15) is 5.76 Å². The van der Waals surface area contributed by atoms with E-state index < -0.39 is 0 Å². The van der Waals surface area contributed by atoms with Crippen LogP contribution < -0.4 is 0 Å². The zero-order valence-electron chi connectivity index (χ0n) is 11.6. The normalized spacial score (nSPS) is 21.4. The van der Waals surface area contributed by atoms with Crippen LogP contribution in [0.3, 0.4) is 0 Å². The first kappa shape index (κ1) is 13.1. The summed E-state index contributed by atoms with van der Waals surface area (Å²) < 4.78 is 5.74. The largest absolute Gasteiger partial charge is 0.492 e. The smallest absolute Gasteiger partial charge is 0.234 e. The molecular weight excluding hydrogens is 252 g/mol. The maximum absolute atomic E-state index is 12.4. The number of carbonyl (C=O) groups is 2. The molecule has 3 rings (SSSR count). The van der Waals surface area contributed by atoms with Gasteiger partial charge in [0.2, 0.25) is 11.6 Å². The summed E-state index contributed by atoms with van der Waals surface area (Å²) in [4.78, 5) is 24.7. The van der Waals surface area contributed by atoms with Crippen LogP contribution in [0.15, 0.2) is 29.8 Å².